The quantitative estimate of drug-likeness (QED) is 0.481. The number of hydrogen-bond donors (Lipinski definition) is 0. The Morgan fingerprint density at radius 2 is 1.90 bits per heavy atom. The van der Waals surface area contributed by atoms with Crippen molar-refractivity contribution < 1.29 is 0 Å². The molecule has 0 fully saturated rings. The summed E-state index contributed by atoms with van der Waals surface area (Å²) in [5, 5.41) is 0. The van der Waals surface area contributed by atoms with Crippen molar-refractivity contribution in [3.8, 4) is 0 Å². The fourth-order valence-corrected chi connectivity index (χ4v) is 1.69. The first-order chi connectivity index (χ1) is 4.97. The molecule has 0 saturated heterocycles. The Hall–Kier alpha value is -0.780. The van der Waals surface area contributed by atoms with E-state index in [4.69, 9.17) is 0 Å². The summed E-state index contributed by atoms with van der Waals surface area (Å²) in [6, 6.07) is 0. The van der Waals surface area contributed by atoms with Gasteiger partial charge in [-0.3, -0.25) is 0 Å². The molecule has 0 aromatic heterocycles. The maximum atomic E-state index is 2.30. The minimum Gasteiger partial charge on any atom is -0.0879 e. The Morgan fingerprint density at radius 3 is 2.50 bits per heavy atom. The molecule has 2 aliphatic rings. The summed E-state index contributed by atoms with van der Waals surface area (Å²) in [5.74, 6) is 0.843. The summed E-state index contributed by atoms with van der Waals surface area (Å²) in [4.78, 5) is 0. The number of rotatable bonds is 1. The average molecular weight is 132 g/mol. The van der Waals surface area contributed by atoms with Crippen LogP contribution in [0.1, 0.15) is 19.3 Å². The molecule has 0 amide bonds. The van der Waals surface area contributed by atoms with Crippen LogP contribution in [0.15, 0.2) is 36.0 Å². The molecule has 0 atom stereocenters. The van der Waals surface area contributed by atoms with Gasteiger partial charge in [-0.25, -0.2) is 0 Å². The first kappa shape index (κ1) is 5.96. The van der Waals surface area contributed by atoms with E-state index in [1.165, 1.54) is 19.3 Å². The fraction of sp³-hybridized carbons (Fsp3) is 0.400. The molecule has 2 rings (SSSR count). The Kier molecular flexibility index (Phi) is 1.46. The zero-order chi connectivity index (χ0) is 6.81. The Bertz CT molecular complexity index is 198. The van der Waals surface area contributed by atoms with Gasteiger partial charge in [-0.2, -0.15) is 0 Å². The second-order valence-electron chi connectivity index (χ2n) is 3.01. The minimum atomic E-state index is 0.843. The van der Waals surface area contributed by atoms with Crippen molar-refractivity contribution in [1.29, 1.82) is 0 Å². The zero-order valence-electron chi connectivity index (χ0n) is 6.09. The molecule has 0 N–H and O–H groups in total. The van der Waals surface area contributed by atoms with Gasteiger partial charge in [0.15, 0.2) is 0 Å². The molecular formula is C10H12. The van der Waals surface area contributed by atoms with E-state index in [1.807, 2.05) is 0 Å². The highest BCUT2D eigenvalue weighted by atomic mass is 14.2. The van der Waals surface area contributed by atoms with E-state index >= 15 is 0 Å². The van der Waals surface area contributed by atoms with Gasteiger partial charge in [0.2, 0.25) is 0 Å². The third-order valence-corrected chi connectivity index (χ3v) is 2.33. The molecule has 0 radical (unpaired) electrons. The van der Waals surface area contributed by atoms with Crippen molar-refractivity contribution in [3.63, 3.8) is 0 Å². The Labute approximate surface area is 61.9 Å². The van der Waals surface area contributed by atoms with Gasteiger partial charge in [-0.1, -0.05) is 36.0 Å². The molecule has 52 valence electrons. The highest BCUT2D eigenvalue weighted by Crippen LogP contribution is 2.30. The van der Waals surface area contributed by atoms with Gasteiger partial charge in [0.25, 0.3) is 0 Å². The predicted molar refractivity (Wildman–Crippen MR) is 43.7 cm³/mol. The molecule has 0 aromatic rings. The zero-order valence-corrected chi connectivity index (χ0v) is 6.09. The van der Waals surface area contributed by atoms with E-state index in [9.17, 15) is 0 Å². The van der Waals surface area contributed by atoms with E-state index in [0.717, 1.165) is 5.92 Å². The Balaban J connectivity index is 2.01. The van der Waals surface area contributed by atoms with Crippen LogP contribution >= 0.6 is 0 Å². The number of hydrogen-bond acceptors (Lipinski definition) is 0. The lowest BCUT2D eigenvalue weighted by molar-refractivity contribution is 0.658. The maximum absolute atomic E-state index is 2.30. The SMILES string of the molecule is C1=CCC(C2CC=CC2)=C1. The summed E-state index contributed by atoms with van der Waals surface area (Å²) >= 11 is 0. The summed E-state index contributed by atoms with van der Waals surface area (Å²) in [6.07, 6.45) is 15.0. The third-order valence-electron chi connectivity index (χ3n) is 2.33. The van der Waals surface area contributed by atoms with Crippen LogP contribution < -0.4 is 0 Å². The van der Waals surface area contributed by atoms with Crippen LogP contribution in [0.2, 0.25) is 0 Å². The normalized spacial score (nSPS) is 24.2. The average Bonchev–Trinajstić information content (AvgIpc) is 2.59. The van der Waals surface area contributed by atoms with Crippen LogP contribution in [-0.4, -0.2) is 0 Å². The summed E-state index contributed by atoms with van der Waals surface area (Å²) in [6.45, 7) is 0. The first-order valence-corrected chi connectivity index (χ1v) is 3.97. The standard InChI is InChI=1S/C10H12/c1-2-6-9(5-1)10-7-3-4-8-10/h1-5,10H,6-8H2. The number of allylic oxidation sites excluding steroid dienone is 6. The Morgan fingerprint density at radius 1 is 1.10 bits per heavy atom. The summed E-state index contributed by atoms with van der Waals surface area (Å²) in [7, 11) is 0. The maximum Gasteiger partial charge on any atom is -0.0128 e. The predicted octanol–water partition coefficient (Wildman–Crippen LogP) is 2.84. The van der Waals surface area contributed by atoms with Crippen LogP contribution in [0.25, 0.3) is 0 Å². The molecule has 0 saturated carbocycles. The molecular weight excluding hydrogens is 120 g/mol. The van der Waals surface area contributed by atoms with Crippen molar-refractivity contribution >= 4 is 0 Å². The van der Waals surface area contributed by atoms with Crippen LogP contribution in [0.5, 0.6) is 0 Å². The van der Waals surface area contributed by atoms with E-state index in [1.54, 1.807) is 5.57 Å². The van der Waals surface area contributed by atoms with Crippen LogP contribution in [-0.2, 0) is 0 Å². The van der Waals surface area contributed by atoms with Gasteiger partial charge in [0.05, 0.1) is 0 Å². The highest BCUT2D eigenvalue weighted by Gasteiger charge is 2.14. The molecule has 0 bridgehead atoms. The van der Waals surface area contributed by atoms with Gasteiger partial charge in [-0.15, -0.1) is 0 Å². The minimum absolute atomic E-state index is 0.843. The molecule has 0 spiro atoms. The highest BCUT2D eigenvalue weighted by molar-refractivity contribution is 5.27. The van der Waals surface area contributed by atoms with Crippen LogP contribution in [0.4, 0.5) is 0 Å². The monoisotopic (exact) mass is 132 g/mol. The van der Waals surface area contributed by atoms with Gasteiger partial charge in [0, 0.05) is 0 Å². The van der Waals surface area contributed by atoms with E-state index < -0.39 is 0 Å². The van der Waals surface area contributed by atoms with Gasteiger partial charge in [0.1, 0.15) is 0 Å². The third kappa shape index (κ3) is 0.942. The smallest absolute Gasteiger partial charge is 0.0128 e. The largest absolute Gasteiger partial charge is 0.0879 e. The van der Waals surface area contributed by atoms with E-state index in [-0.39, 0.29) is 0 Å². The van der Waals surface area contributed by atoms with Gasteiger partial charge in [-0.05, 0) is 25.2 Å². The van der Waals surface area contributed by atoms with Gasteiger partial charge < -0.3 is 0 Å². The topological polar surface area (TPSA) is 0 Å². The molecule has 0 heterocycles. The second-order valence-corrected chi connectivity index (χ2v) is 3.01. The van der Waals surface area contributed by atoms with Crippen molar-refractivity contribution in [2.24, 2.45) is 5.92 Å². The van der Waals surface area contributed by atoms with Gasteiger partial charge >= 0.3 is 0 Å². The van der Waals surface area contributed by atoms with E-state index in [2.05, 4.69) is 30.4 Å². The first-order valence-electron chi connectivity index (χ1n) is 3.97. The molecule has 0 aliphatic heterocycles. The molecule has 0 unspecified atom stereocenters. The molecule has 0 heteroatoms. The fourth-order valence-electron chi connectivity index (χ4n) is 1.69. The molecule has 10 heavy (non-hydrogen) atoms. The van der Waals surface area contributed by atoms with Crippen molar-refractivity contribution in [3.05, 3.63) is 36.0 Å². The molecule has 0 aromatic carbocycles. The lowest BCUT2D eigenvalue weighted by atomic mass is 9.96. The van der Waals surface area contributed by atoms with Crippen molar-refractivity contribution in [2.75, 3.05) is 0 Å². The van der Waals surface area contributed by atoms with Crippen molar-refractivity contribution in [2.45, 2.75) is 19.3 Å². The molecule has 2 aliphatic carbocycles. The van der Waals surface area contributed by atoms with Crippen LogP contribution in [0.3, 0.4) is 0 Å². The summed E-state index contributed by atoms with van der Waals surface area (Å²) < 4.78 is 0. The second kappa shape index (κ2) is 2.45. The summed E-state index contributed by atoms with van der Waals surface area (Å²) in [5.41, 5.74) is 1.63. The lowest BCUT2D eigenvalue weighted by Crippen LogP contribution is -1.95. The van der Waals surface area contributed by atoms with Crippen LogP contribution in [0, 0.1) is 5.92 Å². The van der Waals surface area contributed by atoms with Crippen molar-refractivity contribution in [1.82, 2.24) is 0 Å². The van der Waals surface area contributed by atoms with E-state index in [0.29, 0.717) is 0 Å². The molecule has 0 nitrogen and oxygen atoms in total. The lowest BCUT2D eigenvalue weighted by Gasteiger charge is -2.08.